The predicted molar refractivity (Wildman–Crippen MR) is 59.0 cm³/mol. The maximum Gasteiger partial charge on any atom is 0.197 e. The smallest absolute Gasteiger partial charge is 0.197 e. The number of hydrogen-bond acceptors (Lipinski definition) is 4. The molecule has 1 heterocycles. The summed E-state index contributed by atoms with van der Waals surface area (Å²) in [5.41, 5.74) is 0.0842. The van der Waals surface area contributed by atoms with Gasteiger partial charge < -0.3 is 9.15 Å². The van der Waals surface area contributed by atoms with E-state index >= 15 is 0 Å². The third-order valence-electron chi connectivity index (χ3n) is 2.28. The van der Waals surface area contributed by atoms with Gasteiger partial charge in [-0.1, -0.05) is 6.07 Å². The quantitative estimate of drug-likeness (QED) is 0.723. The summed E-state index contributed by atoms with van der Waals surface area (Å²) < 4.78 is 10.4. The van der Waals surface area contributed by atoms with E-state index in [-0.39, 0.29) is 17.0 Å². The van der Waals surface area contributed by atoms with Crippen LogP contribution in [0.2, 0.25) is 0 Å². The van der Waals surface area contributed by atoms with Crippen molar-refractivity contribution >= 4 is 16.8 Å². The minimum atomic E-state index is -0.276. The van der Waals surface area contributed by atoms with Crippen molar-refractivity contribution < 1.29 is 13.9 Å². The zero-order valence-electron chi connectivity index (χ0n) is 8.94. The van der Waals surface area contributed by atoms with Crippen molar-refractivity contribution in [2.24, 2.45) is 0 Å². The molecule has 1 aromatic carbocycles. The van der Waals surface area contributed by atoms with E-state index in [1.807, 2.05) is 0 Å². The highest BCUT2D eigenvalue weighted by molar-refractivity contribution is 5.93. The molecule has 0 fully saturated rings. The van der Waals surface area contributed by atoms with E-state index in [4.69, 9.17) is 9.15 Å². The van der Waals surface area contributed by atoms with E-state index in [1.165, 1.54) is 20.1 Å². The summed E-state index contributed by atoms with van der Waals surface area (Å²) >= 11 is 0. The largest absolute Gasteiger partial charge is 0.496 e. The summed E-state index contributed by atoms with van der Waals surface area (Å²) in [6, 6.07) is 6.19. The number of rotatable bonds is 2. The van der Waals surface area contributed by atoms with Gasteiger partial charge in [0.2, 0.25) is 0 Å². The molecule has 4 nitrogen and oxygen atoms in total. The van der Waals surface area contributed by atoms with Gasteiger partial charge in [-0.05, 0) is 12.1 Å². The molecule has 0 saturated carbocycles. The number of Topliss-reactive ketones (excluding diaryl/α,β-unsaturated/α-hetero) is 1. The second kappa shape index (κ2) is 3.81. The van der Waals surface area contributed by atoms with Crippen molar-refractivity contribution in [1.29, 1.82) is 0 Å². The highest BCUT2D eigenvalue weighted by Crippen LogP contribution is 2.22. The number of carbonyl (C=O) groups is 1. The van der Waals surface area contributed by atoms with Gasteiger partial charge in [0.25, 0.3) is 0 Å². The molecule has 0 radical (unpaired) electrons. The first kappa shape index (κ1) is 10.4. The second-order valence-corrected chi connectivity index (χ2v) is 3.36. The van der Waals surface area contributed by atoms with Crippen molar-refractivity contribution in [3.63, 3.8) is 0 Å². The molecule has 0 aliphatic rings. The molecule has 0 saturated heterocycles. The van der Waals surface area contributed by atoms with Crippen LogP contribution < -0.4 is 10.2 Å². The molecule has 4 heteroatoms. The summed E-state index contributed by atoms with van der Waals surface area (Å²) in [5.74, 6) is 0.230. The fourth-order valence-electron chi connectivity index (χ4n) is 1.52. The highest BCUT2D eigenvalue weighted by atomic mass is 16.5. The van der Waals surface area contributed by atoms with Crippen molar-refractivity contribution in [3.05, 3.63) is 40.2 Å². The van der Waals surface area contributed by atoms with Crippen molar-refractivity contribution in [2.75, 3.05) is 7.11 Å². The van der Waals surface area contributed by atoms with E-state index in [2.05, 4.69) is 0 Å². The Bertz CT molecular complexity index is 610. The van der Waals surface area contributed by atoms with Crippen molar-refractivity contribution in [3.8, 4) is 5.75 Å². The lowest BCUT2D eigenvalue weighted by Gasteiger charge is -2.04. The number of fused-ring (bicyclic) bond motifs is 1. The van der Waals surface area contributed by atoms with Crippen LogP contribution >= 0.6 is 0 Å². The normalized spacial score (nSPS) is 10.4. The molecule has 0 spiro atoms. The molecule has 0 aliphatic heterocycles. The highest BCUT2D eigenvalue weighted by Gasteiger charge is 2.11. The number of ketones is 1. The summed E-state index contributed by atoms with van der Waals surface area (Å²) in [7, 11) is 1.48. The lowest BCUT2D eigenvalue weighted by molar-refractivity contribution is 0.0987. The Morgan fingerprint density at radius 3 is 2.75 bits per heavy atom. The Morgan fingerprint density at radius 1 is 1.38 bits per heavy atom. The lowest BCUT2D eigenvalue weighted by atomic mass is 10.2. The first-order valence-corrected chi connectivity index (χ1v) is 4.75. The molecule has 2 rings (SSSR count). The molecule has 0 amide bonds. The Kier molecular flexibility index (Phi) is 2.48. The molecule has 0 atom stereocenters. The van der Waals surface area contributed by atoms with E-state index in [1.54, 1.807) is 18.2 Å². The molecular formula is C12H10O4. The molecule has 1 aromatic heterocycles. The van der Waals surface area contributed by atoms with Crippen LogP contribution in [0.15, 0.2) is 33.5 Å². The first-order valence-electron chi connectivity index (χ1n) is 4.75. The van der Waals surface area contributed by atoms with Gasteiger partial charge in [-0.2, -0.15) is 0 Å². The predicted octanol–water partition coefficient (Wildman–Crippen LogP) is 2.00. The number of methoxy groups -OCH3 is 1. The molecule has 0 N–H and O–H groups in total. The number of hydrogen-bond donors (Lipinski definition) is 0. The van der Waals surface area contributed by atoms with E-state index < -0.39 is 0 Å². The fraction of sp³-hybridized carbons (Fsp3) is 0.167. The van der Waals surface area contributed by atoms with Gasteiger partial charge in [-0.15, -0.1) is 0 Å². The third-order valence-corrected chi connectivity index (χ3v) is 2.28. The van der Waals surface area contributed by atoms with Crippen LogP contribution in [0.3, 0.4) is 0 Å². The third kappa shape index (κ3) is 1.58. The Labute approximate surface area is 91.4 Å². The zero-order valence-corrected chi connectivity index (χ0v) is 8.94. The summed E-state index contributed by atoms with van der Waals surface area (Å²) in [6.07, 6.45) is 0. The van der Waals surface area contributed by atoms with Gasteiger partial charge >= 0.3 is 0 Å². The minimum absolute atomic E-state index is 0.0609. The molecule has 82 valence electrons. The molecule has 0 aliphatic carbocycles. The molecule has 0 unspecified atom stereocenters. The number of carbonyl (C=O) groups excluding carboxylic acids is 1. The number of benzene rings is 1. The van der Waals surface area contributed by atoms with Crippen LogP contribution in [-0.2, 0) is 0 Å². The second-order valence-electron chi connectivity index (χ2n) is 3.36. The van der Waals surface area contributed by atoms with Crippen LogP contribution in [0.25, 0.3) is 11.0 Å². The Hall–Kier alpha value is -2.10. The maximum absolute atomic E-state index is 11.8. The molecule has 2 aromatic rings. The average molecular weight is 218 g/mol. The SMILES string of the molecule is COc1cccc2oc(C(C)=O)cc(=O)c12. The van der Waals surface area contributed by atoms with E-state index in [9.17, 15) is 9.59 Å². The Balaban J connectivity index is 2.86. The molecular weight excluding hydrogens is 208 g/mol. The van der Waals surface area contributed by atoms with Gasteiger partial charge in [0, 0.05) is 13.0 Å². The summed E-state index contributed by atoms with van der Waals surface area (Å²) in [5, 5.41) is 0.356. The Morgan fingerprint density at radius 2 is 2.12 bits per heavy atom. The van der Waals surface area contributed by atoms with Crippen molar-refractivity contribution in [2.45, 2.75) is 6.92 Å². The number of ether oxygens (including phenoxy) is 1. The van der Waals surface area contributed by atoms with Crippen molar-refractivity contribution in [1.82, 2.24) is 0 Å². The monoisotopic (exact) mass is 218 g/mol. The van der Waals surface area contributed by atoms with E-state index in [0.717, 1.165) is 0 Å². The summed E-state index contributed by atoms with van der Waals surface area (Å²) in [4.78, 5) is 22.9. The fourth-order valence-corrected chi connectivity index (χ4v) is 1.52. The van der Waals surface area contributed by atoms with Gasteiger partial charge in [-0.3, -0.25) is 9.59 Å². The standard InChI is InChI=1S/C12H10O4/c1-7(13)11-6-8(14)12-9(15-2)4-3-5-10(12)16-11/h3-6H,1-2H3. The van der Waals surface area contributed by atoms with Gasteiger partial charge in [0.1, 0.15) is 16.7 Å². The minimum Gasteiger partial charge on any atom is -0.496 e. The maximum atomic E-state index is 11.8. The van der Waals surface area contributed by atoms with Crippen LogP contribution in [-0.4, -0.2) is 12.9 Å². The van der Waals surface area contributed by atoms with Crippen LogP contribution in [0.5, 0.6) is 5.75 Å². The molecule has 16 heavy (non-hydrogen) atoms. The van der Waals surface area contributed by atoms with E-state index in [0.29, 0.717) is 16.7 Å². The average Bonchev–Trinajstić information content (AvgIpc) is 2.27. The van der Waals surface area contributed by atoms with Crippen LogP contribution in [0.4, 0.5) is 0 Å². The summed E-state index contributed by atoms with van der Waals surface area (Å²) in [6.45, 7) is 1.35. The first-order chi connectivity index (χ1) is 7.63. The van der Waals surface area contributed by atoms with Crippen LogP contribution in [0, 0.1) is 0 Å². The van der Waals surface area contributed by atoms with Gasteiger partial charge in [0.05, 0.1) is 7.11 Å². The zero-order chi connectivity index (χ0) is 11.7. The topological polar surface area (TPSA) is 56.5 Å². The lowest BCUT2D eigenvalue weighted by Crippen LogP contribution is -2.06. The van der Waals surface area contributed by atoms with Gasteiger partial charge in [-0.25, -0.2) is 0 Å². The van der Waals surface area contributed by atoms with Crippen LogP contribution in [0.1, 0.15) is 17.5 Å². The molecule has 0 bridgehead atoms. The van der Waals surface area contributed by atoms with Gasteiger partial charge in [0.15, 0.2) is 17.0 Å².